The molecule has 3 aromatic rings. The van der Waals surface area contributed by atoms with Gasteiger partial charge in [0.2, 0.25) is 11.8 Å². The third-order valence-electron chi connectivity index (χ3n) is 6.49. The molecule has 232 valence electrons. The summed E-state index contributed by atoms with van der Waals surface area (Å²) in [6.07, 6.45) is -4.63. The first-order valence-corrected chi connectivity index (χ1v) is 15.6. The Morgan fingerprint density at radius 3 is 2.14 bits per heavy atom. The Morgan fingerprint density at radius 1 is 0.953 bits per heavy atom. The largest absolute Gasteiger partial charge is 0.416 e. The minimum atomic E-state index is -4.81. The maximum Gasteiger partial charge on any atom is 0.416 e. The highest BCUT2D eigenvalue weighted by Crippen LogP contribution is 2.37. The van der Waals surface area contributed by atoms with Crippen LogP contribution in [0.25, 0.3) is 0 Å². The van der Waals surface area contributed by atoms with Crippen molar-refractivity contribution >= 4 is 50.7 Å². The number of sulfonamides is 1. The lowest BCUT2D eigenvalue weighted by molar-refractivity contribution is -0.140. The van der Waals surface area contributed by atoms with E-state index in [2.05, 4.69) is 5.32 Å². The molecule has 2 amide bonds. The number of rotatable bonds is 12. The van der Waals surface area contributed by atoms with Crippen LogP contribution in [0.5, 0.6) is 0 Å². The zero-order valence-electron chi connectivity index (χ0n) is 23.7. The summed E-state index contributed by atoms with van der Waals surface area (Å²) in [6.45, 7) is 4.82. The molecule has 0 aliphatic carbocycles. The molecule has 0 heterocycles. The summed E-state index contributed by atoms with van der Waals surface area (Å²) in [7, 11) is -4.60. The molecule has 0 radical (unpaired) electrons. The number of anilines is 1. The van der Waals surface area contributed by atoms with E-state index in [0.717, 1.165) is 12.1 Å². The molecule has 1 atom stereocenters. The second-order valence-electron chi connectivity index (χ2n) is 10.2. The molecule has 0 aliphatic rings. The van der Waals surface area contributed by atoms with E-state index in [-0.39, 0.29) is 28.8 Å². The molecule has 43 heavy (non-hydrogen) atoms. The van der Waals surface area contributed by atoms with Crippen molar-refractivity contribution in [2.45, 2.75) is 50.9 Å². The molecule has 0 saturated heterocycles. The van der Waals surface area contributed by atoms with E-state index in [1.54, 1.807) is 37.3 Å². The van der Waals surface area contributed by atoms with Gasteiger partial charge in [0, 0.05) is 18.1 Å². The fraction of sp³-hybridized carbons (Fsp3) is 0.333. The molecule has 0 spiro atoms. The number of hydrogen-bond donors (Lipinski definition) is 1. The van der Waals surface area contributed by atoms with E-state index in [0.29, 0.717) is 27.5 Å². The lowest BCUT2D eigenvalue weighted by atomic mass is 10.1. The molecule has 0 saturated carbocycles. The summed E-state index contributed by atoms with van der Waals surface area (Å²) < 4.78 is 69.3. The van der Waals surface area contributed by atoms with Crippen LogP contribution in [-0.2, 0) is 32.3 Å². The maximum absolute atomic E-state index is 14.1. The van der Waals surface area contributed by atoms with E-state index in [4.69, 9.17) is 23.2 Å². The minimum Gasteiger partial charge on any atom is -0.354 e. The van der Waals surface area contributed by atoms with Gasteiger partial charge in [-0.2, -0.15) is 13.2 Å². The van der Waals surface area contributed by atoms with Gasteiger partial charge in [0.05, 0.1) is 21.2 Å². The van der Waals surface area contributed by atoms with Gasteiger partial charge in [0.25, 0.3) is 10.0 Å². The van der Waals surface area contributed by atoms with Crippen LogP contribution in [0.1, 0.15) is 38.3 Å². The van der Waals surface area contributed by atoms with Crippen molar-refractivity contribution in [1.29, 1.82) is 0 Å². The van der Waals surface area contributed by atoms with Gasteiger partial charge in [0.15, 0.2) is 0 Å². The van der Waals surface area contributed by atoms with Crippen LogP contribution in [0.3, 0.4) is 0 Å². The molecule has 0 fully saturated rings. The quantitative estimate of drug-likeness (QED) is 0.232. The van der Waals surface area contributed by atoms with Gasteiger partial charge in [-0.25, -0.2) is 8.42 Å². The first kappa shape index (κ1) is 34.2. The monoisotopic (exact) mass is 657 g/mol. The van der Waals surface area contributed by atoms with Gasteiger partial charge >= 0.3 is 6.18 Å². The third-order valence-corrected chi connectivity index (χ3v) is 8.83. The summed E-state index contributed by atoms with van der Waals surface area (Å²) in [6, 6.07) is 14.7. The van der Waals surface area contributed by atoms with Crippen LogP contribution in [-0.4, -0.2) is 44.3 Å². The number of amides is 2. The van der Waals surface area contributed by atoms with Gasteiger partial charge < -0.3 is 10.2 Å². The van der Waals surface area contributed by atoms with E-state index in [1.165, 1.54) is 29.2 Å². The van der Waals surface area contributed by atoms with Crippen LogP contribution in [0, 0.1) is 5.92 Å². The second-order valence-corrected chi connectivity index (χ2v) is 12.9. The van der Waals surface area contributed by atoms with Gasteiger partial charge in [0.1, 0.15) is 12.6 Å². The SMILES string of the molecule is CC[C@H](C(=O)NCC(C)C)N(Cc1ccc(Cl)cc1)C(=O)CN(c1cc(C(F)(F)F)ccc1Cl)S(=O)(=O)c1ccccc1. The van der Waals surface area contributed by atoms with E-state index < -0.39 is 51.9 Å². The highest BCUT2D eigenvalue weighted by atomic mass is 35.5. The molecule has 0 aromatic heterocycles. The average molecular weight is 659 g/mol. The number of hydrogen-bond acceptors (Lipinski definition) is 4. The van der Waals surface area contributed by atoms with Crippen LogP contribution < -0.4 is 9.62 Å². The molecule has 13 heteroatoms. The molecular weight excluding hydrogens is 626 g/mol. The Kier molecular flexibility index (Phi) is 11.5. The van der Waals surface area contributed by atoms with Crippen molar-refractivity contribution in [1.82, 2.24) is 10.2 Å². The normalized spacial score (nSPS) is 12.6. The molecule has 1 N–H and O–H groups in total. The van der Waals surface area contributed by atoms with Gasteiger partial charge in [-0.15, -0.1) is 0 Å². The number of nitrogens with zero attached hydrogens (tertiary/aromatic N) is 2. The maximum atomic E-state index is 14.1. The average Bonchev–Trinajstić information content (AvgIpc) is 2.95. The van der Waals surface area contributed by atoms with Crippen molar-refractivity contribution in [3.63, 3.8) is 0 Å². The van der Waals surface area contributed by atoms with Crippen molar-refractivity contribution in [2.24, 2.45) is 5.92 Å². The molecule has 7 nitrogen and oxygen atoms in total. The zero-order valence-corrected chi connectivity index (χ0v) is 26.1. The predicted octanol–water partition coefficient (Wildman–Crippen LogP) is 6.79. The zero-order chi connectivity index (χ0) is 31.9. The van der Waals surface area contributed by atoms with E-state index >= 15 is 0 Å². The van der Waals surface area contributed by atoms with Crippen molar-refractivity contribution in [3.8, 4) is 0 Å². The van der Waals surface area contributed by atoms with Crippen LogP contribution in [0.4, 0.5) is 18.9 Å². The minimum absolute atomic E-state index is 0.0981. The first-order valence-electron chi connectivity index (χ1n) is 13.4. The summed E-state index contributed by atoms with van der Waals surface area (Å²) >= 11 is 12.3. The number of nitrogens with one attached hydrogen (secondary N) is 1. The number of carbonyl (C=O) groups excluding carboxylic acids is 2. The van der Waals surface area contributed by atoms with Crippen molar-refractivity contribution in [3.05, 3.63) is 94.0 Å². The third kappa shape index (κ3) is 8.87. The Hall–Kier alpha value is -3.28. The molecular formula is C30H32Cl2F3N3O4S. The van der Waals surface area contributed by atoms with Crippen molar-refractivity contribution < 1.29 is 31.2 Å². The Bertz CT molecular complexity index is 1520. The lowest BCUT2D eigenvalue weighted by Crippen LogP contribution is -2.52. The Balaban J connectivity index is 2.13. The van der Waals surface area contributed by atoms with Crippen LogP contribution >= 0.6 is 23.2 Å². The topological polar surface area (TPSA) is 86.8 Å². The lowest BCUT2D eigenvalue weighted by Gasteiger charge is -2.33. The summed E-state index contributed by atoms with van der Waals surface area (Å²) in [5.74, 6) is -1.15. The number of benzene rings is 3. The standard InChI is InChI=1S/C30H32Cl2F3N3O4S/c1-4-26(29(40)36-17-20(2)3)37(18-21-10-13-23(31)14-11-21)28(39)19-38(43(41,42)24-8-6-5-7-9-24)27-16-22(30(33,34)35)12-15-25(27)32/h5-16,20,26H,4,17-19H2,1-3H3,(H,36,40)/t26-/m1/s1. The predicted molar refractivity (Wildman–Crippen MR) is 161 cm³/mol. The number of carbonyl (C=O) groups is 2. The van der Waals surface area contributed by atoms with Crippen LogP contribution in [0.2, 0.25) is 10.0 Å². The number of halogens is 5. The first-order chi connectivity index (χ1) is 20.1. The Labute approximate surface area is 259 Å². The second kappa shape index (κ2) is 14.5. The smallest absolute Gasteiger partial charge is 0.354 e. The Morgan fingerprint density at radius 2 is 1.58 bits per heavy atom. The summed E-state index contributed by atoms with van der Waals surface area (Å²) in [5.41, 5.74) is -1.08. The van der Waals surface area contributed by atoms with Gasteiger partial charge in [-0.3, -0.25) is 13.9 Å². The van der Waals surface area contributed by atoms with Gasteiger partial charge in [-0.05, 0) is 60.4 Å². The molecule has 0 unspecified atom stereocenters. The summed E-state index contributed by atoms with van der Waals surface area (Å²) in [5, 5.41) is 2.94. The highest BCUT2D eigenvalue weighted by molar-refractivity contribution is 7.92. The molecule has 3 rings (SSSR count). The molecule has 3 aromatic carbocycles. The summed E-state index contributed by atoms with van der Waals surface area (Å²) in [4.78, 5) is 28.3. The van der Waals surface area contributed by atoms with Crippen molar-refractivity contribution in [2.75, 3.05) is 17.4 Å². The van der Waals surface area contributed by atoms with Crippen LogP contribution in [0.15, 0.2) is 77.7 Å². The molecule has 0 bridgehead atoms. The fourth-order valence-corrected chi connectivity index (χ4v) is 6.08. The highest BCUT2D eigenvalue weighted by Gasteiger charge is 2.37. The van der Waals surface area contributed by atoms with Gasteiger partial charge in [-0.1, -0.05) is 74.3 Å². The van der Waals surface area contributed by atoms with E-state index in [1.807, 2.05) is 13.8 Å². The van der Waals surface area contributed by atoms with E-state index in [9.17, 15) is 31.2 Å². The number of alkyl halides is 3. The fourth-order valence-electron chi connectivity index (χ4n) is 4.24. The molecule has 0 aliphatic heterocycles.